The average molecular weight is 216 g/mol. The van der Waals surface area contributed by atoms with Gasteiger partial charge in [0.05, 0.1) is 12.7 Å². The highest BCUT2D eigenvalue weighted by Gasteiger charge is 2.24. The lowest BCUT2D eigenvalue weighted by atomic mass is 9.86. The van der Waals surface area contributed by atoms with Gasteiger partial charge in [-0.25, -0.2) is 0 Å². The third-order valence-electron chi connectivity index (χ3n) is 2.87. The van der Waals surface area contributed by atoms with E-state index in [0.29, 0.717) is 0 Å². The number of amides is 1. The minimum Gasteiger partial charge on any atom is -0.394 e. The molecule has 15 heavy (non-hydrogen) atoms. The molecule has 1 aliphatic rings. The maximum absolute atomic E-state index is 11.6. The van der Waals surface area contributed by atoms with Crippen molar-refractivity contribution in [3.8, 4) is 0 Å². The first-order chi connectivity index (χ1) is 7.13. The van der Waals surface area contributed by atoms with Crippen LogP contribution in [0.25, 0.3) is 0 Å². The number of nitrogens with one attached hydrogen (secondary N) is 1. The van der Waals surface area contributed by atoms with Gasteiger partial charge in [0.1, 0.15) is 0 Å². The predicted molar refractivity (Wildman–Crippen MR) is 56.0 cm³/mol. The molecule has 1 saturated carbocycles. The van der Waals surface area contributed by atoms with Gasteiger partial charge in [-0.3, -0.25) is 4.79 Å². The second-order valence-corrected chi connectivity index (χ2v) is 4.19. The average Bonchev–Trinajstić information content (AvgIpc) is 2.26. The van der Waals surface area contributed by atoms with Crippen molar-refractivity contribution in [2.75, 3.05) is 13.2 Å². The molecule has 1 atom stereocenters. The quantitative estimate of drug-likeness (QED) is 0.483. The monoisotopic (exact) mass is 216 g/mol. The Morgan fingerprint density at radius 1 is 1.40 bits per heavy atom. The maximum atomic E-state index is 11.6. The van der Waals surface area contributed by atoms with E-state index in [-0.39, 0.29) is 31.0 Å². The summed E-state index contributed by atoms with van der Waals surface area (Å²) in [5.41, 5.74) is 5.74. The number of hydrogen-bond donors (Lipinski definition) is 4. The first-order valence-electron chi connectivity index (χ1n) is 5.45. The molecule has 0 aromatic carbocycles. The highest BCUT2D eigenvalue weighted by molar-refractivity contribution is 5.78. The summed E-state index contributed by atoms with van der Waals surface area (Å²) in [7, 11) is 0. The summed E-state index contributed by atoms with van der Waals surface area (Å²) >= 11 is 0. The van der Waals surface area contributed by atoms with E-state index >= 15 is 0 Å². The number of carbonyl (C=O) groups is 1. The zero-order valence-electron chi connectivity index (χ0n) is 8.85. The molecule has 1 fully saturated rings. The summed E-state index contributed by atoms with van der Waals surface area (Å²) in [6, 6.07) is 0.233. The molecule has 0 saturated heterocycles. The van der Waals surface area contributed by atoms with Gasteiger partial charge in [0.2, 0.25) is 5.91 Å². The molecule has 1 amide bonds. The van der Waals surface area contributed by atoms with Crippen molar-refractivity contribution in [2.45, 2.75) is 37.8 Å². The zero-order valence-corrected chi connectivity index (χ0v) is 8.85. The van der Waals surface area contributed by atoms with E-state index in [2.05, 4.69) is 5.32 Å². The van der Waals surface area contributed by atoms with Crippen molar-refractivity contribution in [2.24, 2.45) is 11.7 Å². The smallest absolute Gasteiger partial charge is 0.223 e. The molecule has 0 bridgehead atoms. The molecule has 1 aliphatic carbocycles. The lowest BCUT2D eigenvalue weighted by molar-refractivity contribution is -0.126. The minimum atomic E-state index is -0.861. The number of nitrogens with two attached hydrogens (primary N) is 1. The molecule has 1 rings (SSSR count). The number of carbonyl (C=O) groups excluding carboxylic acids is 1. The van der Waals surface area contributed by atoms with E-state index in [1.54, 1.807) is 0 Å². The summed E-state index contributed by atoms with van der Waals surface area (Å²) < 4.78 is 0. The molecule has 0 aromatic rings. The molecule has 88 valence electrons. The van der Waals surface area contributed by atoms with Crippen LogP contribution in [0.4, 0.5) is 0 Å². The molecule has 0 spiro atoms. The Balaban J connectivity index is 2.22. The molecule has 5 nitrogen and oxygen atoms in total. The van der Waals surface area contributed by atoms with Gasteiger partial charge in [0.25, 0.3) is 0 Å². The molecule has 0 radical (unpaired) electrons. The third-order valence-corrected chi connectivity index (χ3v) is 2.87. The van der Waals surface area contributed by atoms with Crippen LogP contribution in [0.3, 0.4) is 0 Å². The van der Waals surface area contributed by atoms with Crippen molar-refractivity contribution in [1.29, 1.82) is 0 Å². The Morgan fingerprint density at radius 2 is 2.00 bits per heavy atom. The van der Waals surface area contributed by atoms with Crippen LogP contribution in [0, 0.1) is 5.92 Å². The highest BCUT2D eigenvalue weighted by atomic mass is 16.3. The van der Waals surface area contributed by atoms with Crippen LogP contribution in [0.5, 0.6) is 0 Å². The Bertz CT molecular complexity index is 203. The predicted octanol–water partition coefficient (Wildman–Crippen LogP) is -1.03. The Hall–Kier alpha value is -0.650. The van der Waals surface area contributed by atoms with E-state index in [4.69, 9.17) is 15.9 Å². The SMILES string of the molecule is NC1CCC(C(=O)NCC(O)CO)CC1. The molecule has 0 heterocycles. The van der Waals surface area contributed by atoms with Crippen LogP contribution in [0.15, 0.2) is 0 Å². The van der Waals surface area contributed by atoms with Crippen LogP contribution < -0.4 is 11.1 Å². The Labute approximate surface area is 89.7 Å². The van der Waals surface area contributed by atoms with E-state index < -0.39 is 6.10 Å². The lowest BCUT2D eigenvalue weighted by Crippen LogP contribution is -2.40. The fourth-order valence-electron chi connectivity index (χ4n) is 1.81. The molecule has 5 heteroatoms. The van der Waals surface area contributed by atoms with Gasteiger partial charge in [-0.2, -0.15) is 0 Å². The summed E-state index contributed by atoms with van der Waals surface area (Å²) in [4.78, 5) is 11.6. The van der Waals surface area contributed by atoms with Crippen molar-refractivity contribution >= 4 is 5.91 Å². The molecular weight excluding hydrogens is 196 g/mol. The first kappa shape index (κ1) is 12.4. The summed E-state index contributed by atoms with van der Waals surface area (Å²) in [5, 5.41) is 20.3. The van der Waals surface area contributed by atoms with E-state index in [9.17, 15) is 4.79 Å². The number of aliphatic hydroxyl groups is 2. The summed E-state index contributed by atoms with van der Waals surface area (Å²) in [6.07, 6.45) is 2.56. The van der Waals surface area contributed by atoms with E-state index in [1.165, 1.54) is 0 Å². The van der Waals surface area contributed by atoms with Crippen molar-refractivity contribution in [3.63, 3.8) is 0 Å². The van der Waals surface area contributed by atoms with Gasteiger partial charge < -0.3 is 21.3 Å². The topological polar surface area (TPSA) is 95.6 Å². The largest absolute Gasteiger partial charge is 0.394 e. The highest BCUT2D eigenvalue weighted by Crippen LogP contribution is 2.22. The van der Waals surface area contributed by atoms with Gasteiger partial charge in [0.15, 0.2) is 0 Å². The number of hydrogen-bond acceptors (Lipinski definition) is 4. The number of rotatable bonds is 4. The molecular formula is C10H20N2O3. The Morgan fingerprint density at radius 3 is 2.53 bits per heavy atom. The van der Waals surface area contributed by atoms with Crippen LogP contribution in [-0.4, -0.2) is 41.4 Å². The van der Waals surface area contributed by atoms with Crippen molar-refractivity contribution < 1.29 is 15.0 Å². The number of aliphatic hydroxyl groups excluding tert-OH is 2. The van der Waals surface area contributed by atoms with Crippen LogP contribution in [0.1, 0.15) is 25.7 Å². The molecule has 5 N–H and O–H groups in total. The van der Waals surface area contributed by atoms with Gasteiger partial charge >= 0.3 is 0 Å². The van der Waals surface area contributed by atoms with Crippen LogP contribution in [0.2, 0.25) is 0 Å². The summed E-state index contributed by atoms with van der Waals surface area (Å²) in [5.74, 6) is -0.00917. The first-order valence-corrected chi connectivity index (χ1v) is 5.45. The van der Waals surface area contributed by atoms with E-state index in [0.717, 1.165) is 25.7 Å². The van der Waals surface area contributed by atoms with Gasteiger partial charge in [-0.1, -0.05) is 0 Å². The second kappa shape index (κ2) is 6.05. The van der Waals surface area contributed by atoms with Gasteiger partial charge in [0, 0.05) is 18.5 Å². The van der Waals surface area contributed by atoms with Crippen LogP contribution in [-0.2, 0) is 4.79 Å². The Kier molecular flexibility index (Phi) is 5.01. The second-order valence-electron chi connectivity index (χ2n) is 4.19. The zero-order chi connectivity index (χ0) is 11.3. The minimum absolute atomic E-state index is 0.0238. The molecule has 0 aromatic heterocycles. The fraction of sp³-hybridized carbons (Fsp3) is 0.900. The molecule has 0 aliphatic heterocycles. The van der Waals surface area contributed by atoms with Crippen molar-refractivity contribution in [3.05, 3.63) is 0 Å². The van der Waals surface area contributed by atoms with Gasteiger partial charge in [-0.05, 0) is 25.7 Å². The summed E-state index contributed by atoms with van der Waals surface area (Å²) in [6.45, 7) is -0.201. The van der Waals surface area contributed by atoms with E-state index in [1.807, 2.05) is 0 Å². The van der Waals surface area contributed by atoms with Crippen LogP contribution >= 0.6 is 0 Å². The standard InChI is InChI=1S/C10H20N2O3/c11-8-3-1-7(2-4-8)10(15)12-5-9(14)6-13/h7-9,13-14H,1-6,11H2,(H,12,15). The third kappa shape index (κ3) is 4.15. The van der Waals surface area contributed by atoms with Gasteiger partial charge in [-0.15, -0.1) is 0 Å². The van der Waals surface area contributed by atoms with Crippen molar-refractivity contribution in [1.82, 2.24) is 5.32 Å². The molecule has 1 unspecified atom stereocenters. The maximum Gasteiger partial charge on any atom is 0.223 e. The fourth-order valence-corrected chi connectivity index (χ4v) is 1.81. The lowest BCUT2D eigenvalue weighted by Gasteiger charge is -2.25. The normalized spacial score (nSPS) is 28.5.